The molecule has 6 rings (SSSR count). The fraction of sp³-hybridized carbons (Fsp3) is 0.429. The van der Waals surface area contributed by atoms with Crippen molar-refractivity contribution < 1.29 is 33.8 Å². The van der Waals surface area contributed by atoms with Gasteiger partial charge in [0.25, 0.3) is 11.8 Å². The predicted molar refractivity (Wildman–Crippen MR) is 147 cm³/mol. The number of benzene rings is 1. The summed E-state index contributed by atoms with van der Waals surface area (Å²) in [4.78, 5) is 53.7. The Balaban J connectivity index is 1.53. The summed E-state index contributed by atoms with van der Waals surface area (Å²) in [5.41, 5.74) is 0.725. The number of carbonyl (C=O) groups excluding carboxylic acids is 4. The van der Waals surface area contributed by atoms with Gasteiger partial charge in [-0.25, -0.2) is 0 Å². The van der Waals surface area contributed by atoms with Gasteiger partial charge in [0.05, 0.1) is 32.6 Å². The number of carbonyl (C=O) groups is 4. The molecule has 210 valence electrons. The second kappa shape index (κ2) is 9.22. The Morgan fingerprint density at radius 2 is 1.82 bits per heavy atom. The quantitative estimate of drug-likeness (QED) is 0.315. The third-order valence-corrected chi connectivity index (χ3v) is 11.1. The van der Waals surface area contributed by atoms with E-state index in [1.54, 1.807) is 6.07 Å². The first kappa shape index (κ1) is 27.1. The van der Waals surface area contributed by atoms with E-state index in [1.165, 1.54) is 43.6 Å². The van der Waals surface area contributed by atoms with Crippen LogP contribution in [0.25, 0.3) is 0 Å². The molecule has 1 aromatic carbocycles. The van der Waals surface area contributed by atoms with Crippen LogP contribution in [-0.4, -0.2) is 69.6 Å². The fourth-order valence-corrected chi connectivity index (χ4v) is 8.70. The second-order valence-corrected chi connectivity index (χ2v) is 12.9. The van der Waals surface area contributed by atoms with Crippen LogP contribution in [0.5, 0.6) is 17.2 Å². The first-order valence-corrected chi connectivity index (χ1v) is 14.4. The predicted octanol–water partition coefficient (Wildman–Crippen LogP) is 3.66. The lowest BCUT2D eigenvalue weighted by Crippen LogP contribution is -2.60. The van der Waals surface area contributed by atoms with Gasteiger partial charge >= 0.3 is 0 Å². The summed E-state index contributed by atoms with van der Waals surface area (Å²) < 4.78 is 10.9. The highest BCUT2D eigenvalue weighted by Crippen LogP contribution is 2.67. The summed E-state index contributed by atoms with van der Waals surface area (Å²) in [5, 5.41) is 13.1. The Morgan fingerprint density at radius 1 is 1.07 bits per heavy atom. The van der Waals surface area contributed by atoms with Crippen molar-refractivity contribution in [1.29, 1.82) is 0 Å². The first-order chi connectivity index (χ1) is 19.0. The van der Waals surface area contributed by atoms with E-state index in [0.29, 0.717) is 11.3 Å². The van der Waals surface area contributed by atoms with Crippen LogP contribution in [0, 0.1) is 17.8 Å². The Kier molecular flexibility index (Phi) is 6.25. The highest BCUT2D eigenvalue weighted by Gasteiger charge is 2.76. The number of amides is 4. The molecule has 4 aliphatic rings. The van der Waals surface area contributed by atoms with E-state index >= 15 is 0 Å². The number of ether oxygens (including phenoxy) is 2. The van der Waals surface area contributed by atoms with Gasteiger partial charge in [0.1, 0.15) is 17.2 Å². The Bertz CT molecular complexity index is 1490. The van der Waals surface area contributed by atoms with E-state index in [-0.39, 0.29) is 48.3 Å². The number of nitrogens with zero attached hydrogens (tertiary/aromatic N) is 2. The molecule has 2 aliphatic heterocycles. The first-order valence-electron chi connectivity index (χ1n) is 12.7. The zero-order valence-corrected chi connectivity index (χ0v) is 24.2. The third kappa shape index (κ3) is 3.39. The van der Waals surface area contributed by atoms with E-state index < -0.39 is 45.2 Å². The lowest BCUT2D eigenvalue weighted by molar-refractivity contribution is -0.141. The molecule has 1 saturated carbocycles. The molecular formula is C28H26Cl2N2O7S. The number of fused-ring (bicyclic) bond motifs is 4. The van der Waals surface area contributed by atoms with E-state index in [4.69, 9.17) is 32.7 Å². The number of phenols is 1. The van der Waals surface area contributed by atoms with Gasteiger partial charge in [0.2, 0.25) is 11.8 Å². The minimum absolute atomic E-state index is 0.123. The number of rotatable bonds is 5. The van der Waals surface area contributed by atoms with E-state index in [1.807, 2.05) is 23.6 Å². The third-order valence-electron chi connectivity index (χ3n) is 8.84. The number of hydrogen-bond acceptors (Lipinski definition) is 8. The van der Waals surface area contributed by atoms with Crippen LogP contribution in [0.4, 0.5) is 0 Å². The number of likely N-dealkylation sites (tertiary alicyclic amines) is 2. The molecule has 12 heteroatoms. The highest BCUT2D eigenvalue weighted by atomic mass is 35.5. The Hall–Kier alpha value is -3.08. The van der Waals surface area contributed by atoms with Crippen LogP contribution in [-0.2, 0) is 25.7 Å². The summed E-state index contributed by atoms with van der Waals surface area (Å²) in [6.45, 7) is 0.159. The summed E-state index contributed by atoms with van der Waals surface area (Å²) in [7, 11) is 4.14. The largest absolute Gasteiger partial charge is 0.507 e. The maximum atomic E-state index is 13.9. The van der Waals surface area contributed by atoms with Gasteiger partial charge in [-0.1, -0.05) is 17.7 Å². The highest BCUT2D eigenvalue weighted by molar-refractivity contribution is 7.09. The number of hydrogen-bond donors (Lipinski definition) is 1. The van der Waals surface area contributed by atoms with Gasteiger partial charge in [-0.05, 0) is 30.2 Å². The molecule has 6 atom stereocenters. The molecule has 1 N–H and O–H groups in total. The molecule has 2 aliphatic carbocycles. The summed E-state index contributed by atoms with van der Waals surface area (Å²) in [6, 6.07) is 6.62. The zero-order chi connectivity index (χ0) is 28.7. The second-order valence-electron chi connectivity index (χ2n) is 10.6. The van der Waals surface area contributed by atoms with Crippen molar-refractivity contribution >= 4 is 58.2 Å². The van der Waals surface area contributed by atoms with Crippen molar-refractivity contribution in [3.63, 3.8) is 0 Å². The number of halogens is 2. The molecule has 3 fully saturated rings. The number of alkyl halides is 2. The van der Waals surface area contributed by atoms with E-state index in [0.717, 1.165) is 9.78 Å². The summed E-state index contributed by atoms with van der Waals surface area (Å²) >= 11 is 15.8. The molecule has 1 aromatic heterocycles. The zero-order valence-electron chi connectivity index (χ0n) is 21.9. The van der Waals surface area contributed by atoms with Crippen LogP contribution in [0.3, 0.4) is 0 Å². The number of thiophene rings is 1. The van der Waals surface area contributed by atoms with Crippen molar-refractivity contribution in [3.05, 3.63) is 51.7 Å². The Labute approximate surface area is 244 Å². The number of imide groups is 2. The maximum Gasteiger partial charge on any atom is 0.253 e. The topological polar surface area (TPSA) is 113 Å². The van der Waals surface area contributed by atoms with Crippen LogP contribution in [0.1, 0.15) is 29.2 Å². The van der Waals surface area contributed by atoms with Crippen molar-refractivity contribution in [1.82, 2.24) is 9.80 Å². The van der Waals surface area contributed by atoms with E-state index in [9.17, 15) is 24.3 Å². The monoisotopic (exact) mass is 604 g/mol. The van der Waals surface area contributed by atoms with Gasteiger partial charge in [-0.15, -0.1) is 34.5 Å². The molecule has 9 nitrogen and oxygen atoms in total. The van der Waals surface area contributed by atoms with Crippen molar-refractivity contribution in [2.24, 2.45) is 17.8 Å². The number of methoxy groups -OCH3 is 2. The SMILES string of the molecule is COc1cc(O)c([C@H]2C3=CC[C@@H]4C(=O)N(Cc5cccs5)C(=O)[C@@H]4[C@@H]3C[C@@]3(Cl)C(=O)N(C)C(=O)[C@@]23Cl)c(OC)c1. The van der Waals surface area contributed by atoms with Crippen LogP contribution in [0.15, 0.2) is 41.3 Å². The average Bonchev–Trinajstić information content (AvgIpc) is 3.58. The van der Waals surface area contributed by atoms with Crippen LogP contribution >= 0.6 is 34.5 Å². The van der Waals surface area contributed by atoms with Gasteiger partial charge in [0.15, 0.2) is 9.75 Å². The summed E-state index contributed by atoms with van der Waals surface area (Å²) in [5.74, 6) is -5.10. The number of allylic oxidation sites excluding steroid dienone is 2. The number of aromatic hydroxyl groups is 1. The lowest BCUT2D eigenvalue weighted by atomic mass is 9.56. The standard InChI is InChI=1S/C28H26Cl2N2O7S/c1-31-25(36)27(29)11-17-15(6-7-16-20(17)24(35)32(23(16)34)12-14-5-4-8-40-14)22(28(27,30)26(31)37)21-18(33)9-13(38-2)10-19(21)39-3/h4-6,8-10,16-17,20,22,33H,7,11-12H2,1-3H3/t16-,17+,20-,22+,27+,28-/m0/s1. The molecule has 3 heterocycles. The Morgan fingerprint density at radius 3 is 2.48 bits per heavy atom. The minimum atomic E-state index is -2.03. The van der Waals surface area contributed by atoms with Crippen LogP contribution < -0.4 is 9.47 Å². The van der Waals surface area contributed by atoms with Crippen molar-refractivity contribution in [3.8, 4) is 17.2 Å². The molecule has 0 radical (unpaired) electrons. The maximum absolute atomic E-state index is 13.9. The van der Waals surface area contributed by atoms with Gasteiger partial charge in [0, 0.05) is 35.5 Å². The molecule has 0 spiro atoms. The molecular weight excluding hydrogens is 579 g/mol. The molecule has 2 aromatic rings. The van der Waals surface area contributed by atoms with Crippen LogP contribution in [0.2, 0.25) is 0 Å². The minimum Gasteiger partial charge on any atom is -0.507 e. The smallest absolute Gasteiger partial charge is 0.253 e. The summed E-state index contributed by atoms with van der Waals surface area (Å²) in [6.07, 6.45) is 1.93. The normalized spacial score (nSPS) is 33.1. The lowest BCUT2D eigenvalue weighted by Gasteiger charge is -2.51. The van der Waals surface area contributed by atoms with Gasteiger partial charge < -0.3 is 14.6 Å². The fourth-order valence-electron chi connectivity index (χ4n) is 7.00. The van der Waals surface area contributed by atoms with Gasteiger partial charge in [-0.3, -0.25) is 29.0 Å². The molecule has 0 bridgehead atoms. The molecule has 4 amide bonds. The molecule has 2 saturated heterocycles. The average molecular weight is 605 g/mol. The van der Waals surface area contributed by atoms with Gasteiger partial charge in [-0.2, -0.15) is 0 Å². The van der Waals surface area contributed by atoms with Crippen molar-refractivity contribution in [2.75, 3.05) is 21.3 Å². The number of phenolic OH excluding ortho intramolecular Hbond substituents is 1. The molecule has 40 heavy (non-hydrogen) atoms. The van der Waals surface area contributed by atoms with Crippen molar-refractivity contribution in [2.45, 2.75) is 35.1 Å². The van der Waals surface area contributed by atoms with E-state index in [2.05, 4.69) is 0 Å². The molecule has 0 unspecified atom stereocenters.